The van der Waals surface area contributed by atoms with Crippen LogP contribution in [0.1, 0.15) is 22.7 Å². The van der Waals surface area contributed by atoms with E-state index in [9.17, 15) is 0 Å². The molecule has 4 heteroatoms. The summed E-state index contributed by atoms with van der Waals surface area (Å²) in [5.41, 5.74) is 10.3. The molecule has 0 amide bonds. The molecule has 2 nitrogen and oxygen atoms in total. The minimum absolute atomic E-state index is 0.322. The fourth-order valence-electron chi connectivity index (χ4n) is 6.42. The van der Waals surface area contributed by atoms with E-state index >= 15 is 0 Å². The zero-order chi connectivity index (χ0) is 26.8. The third-order valence-corrected chi connectivity index (χ3v) is 9.54. The molecule has 5 aromatic carbocycles. The highest BCUT2D eigenvalue weighted by Crippen LogP contribution is 2.41. The Morgan fingerprint density at radius 3 is 1.77 bits per heavy atom. The smallest absolute Gasteiger partial charge is 0.0541 e. The van der Waals surface area contributed by atoms with Gasteiger partial charge >= 0.3 is 0 Å². The van der Waals surface area contributed by atoms with Crippen LogP contribution in [0.5, 0.6) is 0 Å². The SMILES string of the molecule is Ic1ccc2c(c1)c1c(n2-c2ccccc2)C=CC(c2ccc3c(c2)c2cc(I)ccc2n3-c2ccccc2)C1. The van der Waals surface area contributed by atoms with E-state index in [-0.39, 0.29) is 0 Å². The zero-order valence-corrected chi connectivity index (χ0v) is 25.9. The van der Waals surface area contributed by atoms with Gasteiger partial charge in [0.1, 0.15) is 0 Å². The lowest BCUT2D eigenvalue weighted by Gasteiger charge is -2.20. The summed E-state index contributed by atoms with van der Waals surface area (Å²) in [4.78, 5) is 0. The number of allylic oxidation sites excluding steroid dienone is 1. The predicted octanol–water partition coefficient (Wildman–Crippen LogP) is 10.3. The summed E-state index contributed by atoms with van der Waals surface area (Å²) >= 11 is 4.87. The molecule has 0 saturated carbocycles. The van der Waals surface area contributed by atoms with Crippen LogP contribution in [0, 0.1) is 7.14 Å². The van der Waals surface area contributed by atoms with Crippen LogP contribution in [0.4, 0.5) is 0 Å². The molecule has 1 unspecified atom stereocenters. The van der Waals surface area contributed by atoms with Crippen molar-refractivity contribution < 1.29 is 0 Å². The summed E-state index contributed by atoms with van der Waals surface area (Å²) in [6, 6.07) is 42.2. The number of rotatable bonds is 3. The van der Waals surface area contributed by atoms with Crippen LogP contribution in [0.25, 0.3) is 50.2 Å². The maximum atomic E-state index is 2.44. The highest BCUT2D eigenvalue weighted by molar-refractivity contribution is 14.1. The standard InChI is InChI=1S/C36H24I2N2/c37-25-13-17-35-31(21-25)29-19-23(11-15-33(29)39(35)27-7-3-1-4-8-27)24-12-16-34-30(20-24)32-22-26(38)14-18-36(32)40(34)28-9-5-2-6-10-28/h1-19,21-22,24H,20H2. The molecule has 192 valence electrons. The third-order valence-electron chi connectivity index (χ3n) is 8.19. The normalized spacial score (nSPS) is 14.8. The summed E-state index contributed by atoms with van der Waals surface area (Å²) < 4.78 is 7.35. The quantitative estimate of drug-likeness (QED) is 0.160. The van der Waals surface area contributed by atoms with Crippen molar-refractivity contribution in [2.45, 2.75) is 12.3 Å². The van der Waals surface area contributed by atoms with Crippen molar-refractivity contribution in [3.05, 3.63) is 145 Å². The van der Waals surface area contributed by atoms with Gasteiger partial charge in [0, 0.05) is 46.3 Å². The van der Waals surface area contributed by atoms with Crippen molar-refractivity contribution in [2.24, 2.45) is 0 Å². The minimum atomic E-state index is 0.322. The van der Waals surface area contributed by atoms with E-state index in [1.165, 1.54) is 68.0 Å². The van der Waals surface area contributed by atoms with Crippen LogP contribution < -0.4 is 0 Å². The lowest BCUT2D eigenvalue weighted by molar-refractivity contribution is 0.826. The number of hydrogen-bond acceptors (Lipinski definition) is 0. The number of aromatic nitrogens is 2. The van der Waals surface area contributed by atoms with Gasteiger partial charge in [0.2, 0.25) is 0 Å². The molecule has 40 heavy (non-hydrogen) atoms. The Balaban J connectivity index is 1.29. The van der Waals surface area contributed by atoms with Gasteiger partial charge in [0.05, 0.1) is 16.6 Å². The molecule has 2 aromatic heterocycles. The number of halogens is 2. The van der Waals surface area contributed by atoms with Crippen molar-refractivity contribution >= 4 is 84.0 Å². The largest absolute Gasteiger partial charge is 0.310 e. The van der Waals surface area contributed by atoms with Gasteiger partial charge in [-0.3, -0.25) is 0 Å². The van der Waals surface area contributed by atoms with E-state index in [4.69, 9.17) is 0 Å². The predicted molar refractivity (Wildman–Crippen MR) is 185 cm³/mol. The minimum Gasteiger partial charge on any atom is -0.310 e. The molecule has 0 saturated heterocycles. The molecule has 0 radical (unpaired) electrons. The van der Waals surface area contributed by atoms with Crippen LogP contribution in [0.15, 0.2) is 121 Å². The second-order valence-electron chi connectivity index (χ2n) is 10.5. The van der Waals surface area contributed by atoms with Gasteiger partial charge in [-0.25, -0.2) is 0 Å². The lowest BCUT2D eigenvalue weighted by atomic mass is 9.86. The Kier molecular flexibility index (Phi) is 5.88. The van der Waals surface area contributed by atoms with Crippen molar-refractivity contribution in [2.75, 3.05) is 0 Å². The topological polar surface area (TPSA) is 9.86 Å². The summed E-state index contributed by atoms with van der Waals surface area (Å²) in [6.45, 7) is 0. The van der Waals surface area contributed by atoms with E-state index in [0.717, 1.165) is 6.42 Å². The summed E-state index contributed by atoms with van der Waals surface area (Å²) in [7, 11) is 0. The fourth-order valence-corrected chi connectivity index (χ4v) is 7.40. The average molecular weight is 738 g/mol. The molecular weight excluding hydrogens is 714 g/mol. The summed E-state index contributed by atoms with van der Waals surface area (Å²) in [5.74, 6) is 0.322. The number of fused-ring (bicyclic) bond motifs is 6. The first-order chi connectivity index (χ1) is 19.7. The van der Waals surface area contributed by atoms with E-state index in [0.29, 0.717) is 5.92 Å². The molecule has 0 spiro atoms. The van der Waals surface area contributed by atoms with Crippen molar-refractivity contribution in [1.29, 1.82) is 0 Å². The fraction of sp³-hybridized carbons (Fsp3) is 0.0556. The third kappa shape index (κ3) is 3.87. The summed E-state index contributed by atoms with van der Waals surface area (Å²) in [6.07, 6.45) is 5.75. The van der Waals surface area contributed by atoms with Gasteiger partial charge in [0.25, 0.3) is 0 Å². The molecule has 0 fully saturated rings. The molecule has 1 aliphatic carbocycles. The van der Waals surface area contributed by atoms with Gasteiger partial charge in [-0.15, -0.1) is 0 Å². The van der Waals surface area contributed by atoms with Crippen molar-refractivity contribution in [3.8, 4) is 11.4 Å². The van der Waals surface area contributed by atoms with Gasteiger partial charge in [-0.05, 0) is 142 Å². The lowest BCUT2D eigenvalue weighted by Crippen LogP contribution is -2.07. The Labute approximate surface area is 260 Å². The second kappa shape index (κ2) is 9.63. The van der Waals surface area contributed by atoms with Crippen LogP contribution in [-0.4, -0.2) is 9.13 Å². The first-order valence-electron chi connectivity index (χ1n) is 13.5. The molecule has 0 bridgehead atoms. The molecule has 7 aromatic rings. The zero-order valence-electron chi connectivity index (χ0n) is 21.6. The Hall–Kier alpha value is -3.36. The average Bonchev–Trinajstić information content (AvgIpc) is 3.49. The Morgan fingerprint density at radius 1 is 0.550 bits per heavy atom. The van der Waals surface area contributed by atoms with Gasteiger partial charge in [-0.1, -0.05) is 48.5 Å². The van der Waals surface area contributed by atoms with Crippen LogP contribution in [-0.2, 0) is 6.42 Å². The van der Waals surface area contributed by atoms with Crippen LogP contribution >= 0.6 is 45.2 Å². The van der Waals surface area contributed by atoms with Gasteiger partial charge in [0.15, 0.2) is 0 Å². The number of benzene rings is 5. The monoisotopic (exact) mass is 738 g/mol. The first kappa shape index (κ1) is 24.4. The molecule has 2 heterocycles. The highest BCUT2D eigenvalue weighted by Gasteiger charge is 2.24. The molecule has 0 aliphatic heterocycles. The molecule has 1 atom stereocenters. The molecular formula is C36H24I2N2. The maximum Gasteiger partial charge on any atom is 0.0541 e. The molecule has 8 rings (SSSR count). The molecule has 1 aliphatic rings. The highest BCUT2D eigenvalue weighted by atomic mass is 127. The number of para-hydroxylation sites is 2. The molecule has 0 N–H and O–H groups in total. The van der Waals surface area contributed by atoms with Gasteiger partial charge in [-0.2, -0.15) is 0 Å². The number of nitrogens with zero attached hydrogens (tertiary/aromatic N) is 2. The summed E-state index contributed by atoms with van der Waals surface area (Å²) in [5, 5.41) is 3.98. The number of hydrogen-bond donors (Lipinski definition) is 0. The Morgan fingerprint density at radius 2 is 1.10 bits per heavy atom. The first-order valence-corrected chi connectivity index (χ1v) is 15.7. The van der Waals surface area contributed by atoms with Gasteiger partial charge < -0.3 is 9.13 Å². The second-order valence-corrected chi connectivity index (χ2v) is 13.0. The van der Waals surface area contributed by atoms with Crippen molar-refractivity contribution in [1.82, 2.24) is 9.13 Å². The van der Waals surface area contributed by atoms with Crippen molar-refractivity contribution in [3.63, 3.8) is 0 Å². The van der Waals surface area contributed by atoms with Crippen LogP contribution in [0.2, 0.25) is 0 Å². The van der Waals surface area contributed by atoms with E-state index < -0.39 is 0 Å². The van der Waals surface area contributed by atoms with E-state index in [1.54, 1.807) is 0 Å². The van der Waals surface area contributed by atoms with E-state index in [1.807, 2.05) is 0 Å². The van der Waals surface area contributed by atoms with E-state index in [2.05, 4.69) is 182 Å². The van der Waals surface area contributed by atoms with Crippen LogP contribution in [0.3, 0.4) is 0 Å². The Bertz CT molecular complexity index is 2100. The maximum absolute atomic E-state index is 2.44.